The van der Waals surface area contributed by atoms with Gasteiger partial charge in [0.2, 0.25) is 0 Å². The molecule has 0 aliphatic rings. The van der Waals surface area contributed by atoms with Crippen LogP contribution in [0.15, 0.2) is 11.5 Å². The average molecular weight is 184 g/mol. The maximum Gasteiger partial charge on any atom is 0.164 e. The second kappa shape index (κ2) is 4.41. The minimum absolute atomic E-state index is 0.135. The highest BCUT2D eigenvalue weighted by molar-refractivity contribution is 5.81. The molecular formula is C6H12N6O. The molecule has 0 unspecified atom stereocenters. The van der Waals surface area contributed by atoms with Crippen LogP contribution in [-0.2, 0) is 13.6 Å². The number of oxime groups is 1. The highest BCUT2D eigenvalue weighted by Gasteiger charge is 1.98. The lowest BCUT2D eigenvalue weighted by atomic mass is 10.5. The van der Waals surface area contributed by atoms with Crippen molar-refractivity contribution in [2.75, 3.05) is 6.54 Å². The Morgan fingerprint density at radius 1 is 1.85 bits per heavy atom. The molecular weight excluding hydrogens is 172 g/mol. The Morgan fingerprint density at radius 3 is 3.15 bits per heavy atom. The van der Waals surface area contributed by atoms with Gasteiger partial charge < -0.3 is 16.3 Å². The van der Waals surface area contributed by atoms with E-state index in [1.165, 1.54) is 0 Å². The van der Waals surface area contributed by atoms with Gasteiger partial charge in [-0.3, -0.25) is 4.68 Å². The molecule has 72 valence electrons. The molecule has 0 aliphatic carbocycles. The number of aromatic nitrogens is 3. The van der Waals surface area contributed by atoms with Gasteiger partial charge in [-0.1, -0.05) is 5.16 Å². The smallest absolute Gasteiger partial charge is 0.164 e. The predicted molar refractivity (Wildman–Crippen MR) is 46.1 cm³/mol. The predicted octanol–water partition coefficient (Wildman–Crippen LogP) is -1.35. The Kier molecular flexibility index (Phi) is 3.21. The van der Waals surface area contributed by atoms with Gasteiger partial charge in [-0.25, -0.2) is 4.98 Å². The van der Waals surface area contributed by atoms with Gasteiger partial charge in [-0.15, -0.1) is 0 Å². The molecule has 0 fully saturated rings. The van der Waals surface area contributed by atoms with Gasteiger partial charge in [-0.05, 0) is 0 Å². The summed E-state index contributed by atoms with van der Waals surface area (Å²) in [4.78, 5) is 3.98. The molecule has 0 atom stereocenters. The van der Waals surface area contributed by atoms with Crippen molar-refractivity contribution >= 4 is 5.84 Å². The molecule has 4 N–H and O–H groups in total. The zero-order valence-electron chi connectivity index (χ0n) is 7.30. The zero-order chi connectivity index (χ0) is 9.68. The third kappa shape index (κ3) is 3.08. The van der Waals surface area contributed by atoms with Crippen molar-refractivity contribution in [2.45, 2.75) is 6.54 Å². The first-order valence-electron chi connectivity index (χ1n) is 3.74. The van der Waals surface area contributed by atoms with Crippen LogP contribution in [0.4, 0.5) is 0 Å². The van der Waals surface area contributed by atoms with Crippen molar-refractivity contribution in [3.05, 3.63) is 12.2 Å². The highest BCUT2D eigenvalue weighted by Crippen LogP contribution is 1.85. The number of hydrogen-bond acceptors (Lipinski definition) is 5. The van der Waals surface area contributed by atoms with Crippen LogP contribution in [0.25, 0.3) is 0 Å². The fourth-order valence-electron chi connectivity index (χ4n) is 0.803. The van der Waals surface area contributed by atoms with E-state index in [4.69, 9.17) is 10.9 Å². The Morgan fingerprint density at radius 2 is 2.62 bits per heavy atom. The first kappa shape index (κ1) is 9.46. The topological polar surface area (TPSA) is 101 Å². The molecule has 0 saturated carbocycles. The summed E-state index contributed by atoms with van der Waals surface area (Å²) in [7, 11) is 1.79. The Bertz CT molecular complexity index is 293. The maximum atomic E-state index is 8.22. The molecule has 7 heteroatoms. The van der Waals surface area contributed by atoms with Crippen LogP contribution in [0.2, 0.25) is 0 Å². The van der Waals surface area contributed by atoms with Crippen LogP contribution >= 0.6 is 0 Å². The van der Waals surface area contributed by atoms with E-state index < -0.39 is 0 Å². The molecule has 0 saturated heterocycles. The molecule has 0 spiro atoms. The molecule has 1 rings (SSSR count). The van der Waals surface area contributed by atoms with E-state index in [0.717, 1.165) is 0 Å². The molecule has 13 heavy (non-hydrogen) atoms. The summed E-state index contributed by atoms with van der Waals surface area (Å²) in [6, 6.07) is 0. The standard InChI is InChI=1S/C6H12N6O/c1-12-4-9-6(10-12)3-8-2-5(7)11-13/h4,8,13H,2-3H2,1H3,(H2,7,11). The maximum absolute atomic E-state index is 8.22. The van der Waals surface area contributed by atoms with Crippen LogP contribution in [0.5, 0.6) is 0 Å². The minimum Gasteiger partial charge on any atom is -0.409 e. The van der Waals surface area contributed by atoms with Gasteiger partial charge in [-0.2, -0.15) is 5.10 Å². The zero-order valence-corrected chi connectivity index (χ0v) is 7.30. The lowest BCUT2D eigenvalue weighted by Crippen LogP contribution is -2.28. The number of amidine groups is 1. The first-order chi connectivity index (χ1) is 6.22. The lowest BCUT2D eigenvalue weighted by Gasteiger charge is -1.98. The van der Waals surface area contributed by atoms with Gasteiger partial charge in [0.1, 0.15) is 6.33 Å². The van der Waals surface area contributed by atoms with E-state index in [-0.39, 0.29) is 5.84 Å². The largest absolute Gasteiger partial charge is 0.409 e. The van der Waals surface area contributed by atoms with Crippen LogP contribution in [0, 0.1) is 0 Å². The average Bonchev–Trinajstić information content (AvgIpc) is 2.51. The third-order valence-corrected chi connectivity index (χ3v) is 1.36. The van der Waals surface area contributed by atoms with Crippen LogP contribution in [0.3, 0.4) is 0 Å². The quantitative estimate of drug-likeness (QED) is 0.232. The van der Waals surface area contributed by atoms with Crippen molar-refractivity contribution in [1.82, 2.24) is 20.1 Å². The first-order valence-corrected chi connectivity index (χ1v) is 3.74. The monoisotopic (exact) mass is 184 g/mol. The molecule has 0 bridgehead atoms. The molecule has 0 aromatic carbocycles. The number of hydrogen-bond donors (Lipinski definition) is 3. The number of nitrogens with zero attached hydrogens (tertiary/aromatic N) is 4. The molecule has 1 aromatic heterocycles. The van der Waals surface area contributed by atoms with E-state index >= 15 is 0 Å². The van der Waals surface area contributed by atoms with Gasteiger partial charge in [0.25, 0.3) is 0 Å². The summed E-state index contributed by atoms with van der Waals surface area (Å²) in [5, 5.41) is 18.0. The second-order valence-electron chi connectivity index (χ2n) is 2.53. The summed E-state index contributed by atoms with van der Waals surface area (Å²) in [5.41, 5.74) is 5.23. The Labute approximate surface area is 75.3 Å². The normalized spacial score (nSPS) is 11.9. The van der Waals surface area contributed by atoms with Gasteiger partial charge in [0.15, 0.2) is 11.7 Å². The van der Waals surface area contributed by atoms with Gasteiger partial charge in [0, 0.05) is 7.05 Å². The van der Waals surface area contributed by atoms with Gasteiger partial charge in [0.05, 0.1) is 13.1 Å². The summed E-state index contributed by atoms with van der Waals surface area (Å²) in [6.07, 6.45) is 1.61. The Balaban J connectivity index is 2.28. The number of aryl methyl sites for hydroxylation is 1. The second-order valence-corrected chi connectivity index (χ2v) is 2.53. The van der Waals surface area contributed by atoms with Crippen molar-refractivity contribution in [2.24, 2.45) is 17.9 Å². The number of rotatable bonds is 4. The lowest BCUT2D eigenvalue weighted by molar-refractivity contribution is 0.317. The SMILES string of the molecule is Cn1cnc(CNCC(N)=NO)n1. The fourth-order valence-corrected chi connectivity index (χ4v) is 0.803. The van der Waals surface area contributed by atoms with E-state index in [9.17, 15) is 0 Å². The van der Waals surface area contributed by atoms with Crippen molar-refractivity contribution < 1.29 is 5.21 Å². The van der Waals surface area contributed by atoms with Crippen LogP contribution < -0.4 is 11.1 Å². The minimum atomic E-state index is 0.135. The van der Waals surface area contributed by atoms with E-state index in [2.05, 4.69) is 20.6 Å². The molecule has 7 nitrogen and oxygen atoms in total. The Hall–Kier alpha value is -1.63. The van der Waals surface area contributed by atoms with Crippen molar-refractivity contribution in [3.63, 3.8) is 0 Å². The van der Waals surface area contributed by atoms with Crippen LogP contribution in [0.1, 0.15) is 5.82 Å². The summed E-state index contributed by atoms with van der Waals surface area (Å²) >= 11 is 0. The molecule has 0 aliphatic heterocycles. The fraction of sp³-hybridized carbons (Fsp3) is 0.500. The van der Waals surface area contributed by atoms with Crippen LogP contribution in [-0.4, -0.2) is 32.4 Å². The molecule has 0 amide bonds. The number of nitrogens with two attached hydrogens (primary N) is 1. The molecule has 0 radical (unpaired) electrons. The summed E-state index contributed by atoms with van der Waals surface area (Å²) in [5.74, 6) is 0.809. The van der Waals surface area contributed by atoms with Gasteiger partial charge >= 0.3 is 0 Å². The molecule has 1 aromatic rings. The van der Waals surface area contributed by atoms with E-state index in [0.29, 0.717) is 18.9 Å². The van der Waals surface area contributed by atoms with Crippen molar-refractivity contribution in [3.8, 4) is 0 Å². The highest BCUT2D eigenvalue weighted by atomic mass is 16.4. The van der Waals surface area contributed by atoms with E-state index in [1.54, 1.807) is 18.1 Å². The summed E-state index contributed by atoms with van der Waals surface area (Å²) in [6.45, 7) is 0.811. The van der Waals surface area contributed by atoms with Crippen molar-refractivity contribution in [1.29, 1.82) is 0 Å². The van der Waals surface area contributed by atoms with E-state index in [1.807, 2.05) is 0 Å². The summed E-state index contributed by atoms with van der Waals surface area (Å²) < 4.78 is 1.61. The molecule has 1 heterocycles. The third-order valence-electron chi connectivity index (χ3n) is 1.36. The number of nitrogens with one attached hydrogen (secondary N) is 1.